The summed E-state index contributed by atoms with van der Waals surface area (Å²) >= 11 is 0. The fraction of sp³-hybridized carbons (Fsp3) is 1.00. The Kier molecular flexibility index (Phi) is 4.35. The Morgan fingerprint density at radius 1 is 1.57 bits per heavy atom. The molecule has 0 aliphatic carbocycles. The Bertz CT molecular complexity index is 169. The van der Waals surface area contributed by atoms with Gasteiger partial charge in [0.2, 0.25) is 0 Å². The lowest BCUT2D eigenvalue weighted by Crippen LogP contribution is -2.58. The molecular formula is C11H23NO2. The Labute approximate surface area is 87.2 Å². The molecule has 84 valence electrons. The van der Waals surface area contributed by atoms with E-state index in [9.17, 15) is 0 Å². The van der Waals surface area contributed by atoms with Crippen molar-refractivity contribution in [2.45, 2.75) is 38.9 Å². The van der Waals surface area contributed by atoms with Crippen LogP contribution in [0.15, 0.2) is 0 Å². The first kappa shape index (κ1) is 12.0. The molecule has 0 saturated carbocycles. The average Bonchev–Trinajstić information content (AvgIpc) is 2.18. The van der Waals surface area contributed by atoms with Gasteiger partial charge in [0.05, 0.1) is 12.7 Å². The van der Waals surface area contributed by atoms with Crippen LogP contribution in [0, 0.1) is 5.92 Å². The summed E-state index contributed by atoms with van der Waals surface area (Å²) in [5.41, 5.74) is -0.131. The van der Waals surface area contributed by atoms with Crippen LogP contribution in [0.3, 0.4) is 0 Å². The van der Waals surface area contributed by atoms with Gasteiger partial charge in [0, 0.05) is 20.2 Å². The Hall–Kier alpha value is -0.120. The number of ether oxygens (including phenoxy) is 2. The highest BCUT2D eigenvalue weighted by molar-refractivity contribution is 4.91. The molecule has 1 saturated heterocycles. The maximum Gasteiger partial charge on any atom is 0.106 e. The van der Waals surface area contributed by atoms with E-state index in [-0.39, 0.29) is 5.60 Å². The number of morpholine rings is 1. The topological polar surface area (TPSA) is 30.5 Å². The molecule has 3 nitrogen and oxygen atoms in total. The van der Waals surface area contributed by atoms with Crippen molar-refractivity contribution in [2.75, 3.05) is 26.8 Å². The number of methoxy groups -OCH3 is 1. The fourth-order valence-electron chi connectivity index (χ4n) is 1.92. The average molecular weight is 201 g/mol. The fourth-order valence-corrected chi connectivity index (χ4v) is 1.92. The number of nitrogens with one attached hydrogen (secondary N) is 1. The van der Waals surface area contributed by atoms with Crippen LogP contribution in [-0.4, -0.2) is 38.5 Å². The SMILES string of the molecule is CCC1CNCC(COC)(C(C)C)O1. The van der Waals surface area contributed by atoms with Gasteiger partial charge in [-0.25, -0.2) is 0 Å². The second-order valence-electron chi connectivity index (χ2n) is 4.43. The lowest BCUT2D eigenvalue weighted by atomic mass is 9.89. The molecule has 2 unspecified atom stereocenters. The van der Waals surface area contributed by atoms with Crippen molar-refractivity contribution >= 4 is 0 Å². The van der Waals surface area contributed by atoms with E-state index in [4.69, 9.17) is 9.47 Å². The van der Waals surface area contributed by atoms with Crippen LogP contribution in [0.2, 0.25) is 0 Å². The first-order valence-corrected chi connectivity index (χ1v) is 5.52. The van der Waals surface area contributed by atoms with Crippen molar-refractivity contribution in [1.29, 1.82) is 0 Å². The third-order valence-electron chi connectivity index (χ3n) is 3.09. The van der Waals surface area contributed by atoms with Gasteiger partial charge in [0.1, 0.15) is 5.60 Å². The molecule has 1 aliphatic heterocycles. The molecule has 0 radical (unpaired) electrons. The molecular weight excluding hydrogens is 178 g/mol. The molecule has 0 bridgehead atoms. The van der Waals surface area contributed by atoms with Gasteiger partial charge in [-0.15, -0.1) is 0 Å². The molecule has 1 fully saturated rings. The number of hydrogen-bond donors (Lipinski definition) is 1. The zero-order chi connectivity index (χ0) is 10.6. The van der Waals surface area contributed by atoms with E-state index in [0.717, 1.165) is 19.5 Å². The minimum Gasteiger partial charge on any atom is -0.382 e. The molecule has 1 heterocycles. The second kappa shape index (κ2) is 5.10. The van der Waals surface area contributed by atoms with Crippen LogP contribution in [0.4, 0.5) is 0 Å². The summed E-state index contributed by atoms with van der Waals surface area (Å²) in [5, 5.41) is 3.44. The summed E-state index contributed by atoms with van der Waals surface area (Å²) in [7, 11) is 1.74. The smallest absolute Gasteiger partial charge is 0.106 e. The van der Waals surface area contributed by atoms with Crippen LogP contribution >= 0.6 is 0 Å². The summed E-state index contributed by atoms with van der Waals surface area (Å²) in [6, 6.07) is 0. The van der Waals surface area contributed by atoms with E-state index in [1.54, 1.807) is 7.11 Å². The zero-order valence-corrected chi connectivity index (χ0v) is 9.80. The van der Waals surface area contributed by atoms with Gasteiger partial charge in [-0.2, -0.15) is 0 Å². The highest BCUT2D eigenvalue weighted by Crippen LogP contribution is 2.27. The van der Waals surface area contributed by atoms with Crippen LogP contribution in [0.1, 0.15) is 27.2 Å². The van der Waals surface area contributed by atoms with E-state index in [2.05, 4.69) is 26.1 Å². The Morgan fingerprint density at radius 3 is 2.79 bits per heavy atom. The van der Waals surface area contributed by atoms with Crippen molar-refractivity contribution in [3.63, 3.8) is 0 Å². The predicted molar refractivity (Wildman–Crippen MR) is 57.5 cm³/mol. The predicted octanol–water partition coefficient (Wildman–Crippen LogP) is 1.43. The van der Waals surface area contributed by atoms with Crippen LogP contribution in [0.25, 0.3) is 0 Å². The maximum atomic E-state index is 6.14. The van der Waals surface area contributed by atoms with Gasteiger partial charge in [0.15, 0.2) is 0 Å². The van der Waals surface area contributed by atoms with Crippen molar-refractivity contribution < 1.29 is 9.47 Å². The third kappa shape index (κ3) is 2.47. The minimum atomic E-state index is -0.131. The zero-order valence-electron chi connectivity index (χ0n) is 9.80. The molecule has 14 heavy (non-hydrogen) atoms. The standard InChI is InChI=1S/C11H23NO2/c1-5-10-6-12-7-11(14-10,8-13-4)9(2)3/h9-10,12H,5-8H2,1-4H3. The van der Waals surface area contributed by atoms with Crippen molar-refractivity contribution in [1.82, 2.24) is 5.32 Å². The normalized spacial score (nSPS) is 33.6. The van der Waals surface area contributed by atoms with E-state index >= 15 is 0 Å². The third-order valence-corrected chi connectivity index (χ3v) is 3.09. The number of rotatable bonds is 4. The monoisotopic (exact) mass is 201 g/mol. The quantitative estimate of drug-likeness (QED) is 0.746. The molecule has 1 N–H and O–H groups in total. The second-order valence-corrected chi connectivity index (χ2v) is 4.43. The van der Waals surface area contributed by atoms with Gasteiger partial charge in [-0.3, -0.25) is 0 Å². The summed E-state index contributed by atoms with van der Waals surface area (Å²) < 4.78 is 11.4. The van der Waals surface area contributed by atoms with Gasteiger partial charge in [0.25, 0.3) is 0 Å². The minimum absolute atomic E-state index is 0.131. The van der Waals surface area contributed by atoms with Gasteiger partial charge < -0.3 is 14.8 Å². The molecule has 2 atom stereocenters. The molecule has 1 rings (SSSR count). The first-order valence-electron chi connectivity index (χ1n) is 5.52. The van der Waals surface area contributed by atoms with Crippen molar-refractivity contribution in [3.05, 3.63) is 0 Å². The molecule has 1 aliphatic rings. The van der Waals surface area contributed by atoms with Gasteiger partial charge in [-0.1, -0.05) is 20.8 Å². The maximum absolute atomic E-state index is 6.14. The van der Waals surface area contributed by atoms with E-state index < -0.39 is 0 Å². The highest BCUT2D eigenvalue weighted by Gasteiger charge is 2.39. The Balaban J connectivity index is 2.65. The molecule has 0 aromatic heterocycles. The molecule has 3 heteroatoms. The number of hydrogen-bond acceptors (Lipinski definition) is 3. The summed E-state index contributed by atoms with van der Waals surface area (Å²) in [4.78, 5) is 0. The molecule has 0 aromatic carbocycles. The lowest BCUT2D eigenvalue weighted by Gasteiger charge is -2.44. The summed E-state index contributed by atoms with van der Waals surface area (Å²) in [5.74, 6) is 0.476. The highest BCUT2D eigenvalue weighted by atomic mass is 16.5. The van der Waals surface area contributed by atoms with Crippen molar-refractivity contribution in [3.8, 4) is 0 Å². The van der Waals surface area contributed by atoms with E-state index in [1.807, 2.05) is 0 Å². The van der Waals surface area contributed by atoms with Crippen molar-refractivity contribution in [2.24, 2.45) is 5.92 Å². The first-order chi connectivity index (χ1) is 6.64. The van der Waals surface area contributed by atoms with Crippen LogP contribution < -0.4 is 5.32 Å². The molecule has 0 aromatic rings. The lowest BCUT2D eigenvalue weighted by molar-refractivity contribution is -0.167. The van der Waals surface area contributed by atoms with Crippen LogP contribution in [0.5, 0.6) is 0 Å². The Morgan fingerprint density at radius 2 is 2.29 bits per heavy atom. The van der Waals surface area contributed by atoms with E-state index in [1.165, 1.54) is 0 Å². The molecule has 0 amide bonds. The molecule has 0 spiro atoms. The largest absolute Gasteiger partial charge is 0.382 e. The van der Waals surface area contributed by atoms with Gasteiger partial charge in [-0.05, 0) is 12.3 Å². The van der Waals surface area contributed by atoms with Crippen LogP contribution in [-0.2, 0) is 9.47 Å². The van der Waals surface area contributed by atoms with Gasteiger partial charge >= 0.3 is 0 Å². The van der Waals surface area contributed by atoms with E-state index in [0.29, 0.717) is 18.6 Å². The summed E-state index contributed by atoms with van der Waals surface area (Å²) in [6.45, 7) is 9.09. The summed E-state index contributed by atoms with van der Waals surface area (Å²) in [6.07, 6.45) is 1.40.